The molecule has 1 aromatic rings. The Kier molecular flexibility index (Phi) is 4.08. The third kappa shape index (κ3) is 3.15. The van der Waals surface area contributed by atoms with Crippen molar-refractivity contribution in [2.45, 2.75) is 30.7 Å². The molecule has 0 aliphatic heterocycles. The summed E-state index contributed by atoms with van der Waals surface area (Å²) in [5, 5.41) is 0. The van der Waals surface area contributed by atoms with Gasteiger partial charge >= 0.3 is 19.3 Å². The van der Waals surface area contributed by atoms with Gasteiger partial charge in [0.15, 0.2) is 0 Å². The van der Waals surface area contributed by atoms with Crippen molar-refractivity contribution < 1.29 is 0 Å². The van der Waals surface area contributed by atoms with Crippen molar-refractivity contribution in [1.29, 1.82) is 0 Å². The van der Waals surface area contributed by atoms with E-state index >= 15 is 0 Å². The first-order valence-electron chi connectivity index (χ1n) is 4.70. The Hall–Kier alpha value is 0.276. The molecule has 0 spiro atoms. The summed E-state index contributed by atoms with van der Waals surface area (Å²) in [6, 6.07) is 8.64. The van der Waals surface area contributed by atoms with Gasteiger partial charge in [0.25, 0.3) is 0 Å². The van der Waals surface area contributed by atoms with Crippen LogP contribution in [-0.2, 0) is 9.97 Å². The molecular formula is C11H15ClMg. The highest BCUT2D eigenvalue weighted by atomic mass is 35.5. The van der Waals surface area contributed by atoms with Gasteiger partial charge in [0.1, 0.15) is 0 Å². The van der Waals surface area contributed by atoms with Gasteiger partial charge in [-0.05, 0) is 11.0 Å². The zero-order valence-corrected chi connectivity index (χ0v) is 10.8. The Labute approximate surface area is 94.2 Å². The summed E-state index contributed by atoms with van der Waals surface area (Å²) in [7, 11) is 5.90. The molecule has 0 radical (unpaired) electrons. The normalized spacial score (nSPS) is 11.1. The summed E-state index contributed by atoms with van der Waals surface area (Å²) in [6.45, 7) is 6.75. The van der Waals surface area contributed by atoms with E-state index in [9.17, 15) is 0 Å². The Morgan fingerprint density at radius 3 is 2.38 bits per heavy atom. The summed E-state index contributed by atoms with van der Waals surface area (Å²) in [5.74, 6) is 0. The molecule has 13 heavy (non-hydrogen) atoms. The molecular weight excluding hydrogens is 192 g/mol. The van der Waals surface area contributed by atoms with Crippen LogP contribution < -0.4 is 0 Å². The van der Waals surface area contributed by atoms with Crippen LogP contribution in [0.1, 0.15) is 31.9 Å². The molecule has 0 N–H and O–H groups in total. The molecule has 0 amide bonds. The smallest absolute Gasteiger partial charge is 0.345 e. The molecule has 0 fully saturated rings. The van der Waals surface area contributed by atoms with Gasteiger partial charge in [-0.15, -0.1) is 0 Å². The van der Waals surface area contributed by atoms with Gasteiger partial charge in [0.05, 0.1) is 0 Å². The standard InChI is InChI=1S/C11H15.ClH.Mg/c1-9-7-5-6-8-10(9)11(2,3)4;;/h5-8H,1H2,2-4H3;1H;/q;;+1/p-1. The van der Waals surface area contributed by atoms with Crippen LogP contribution in [0.25, 0.3) is 0 Å². The van der Waals surface area contributed by atoms with Crippen molar-refractivity contribution in [2.75, 3.05) is 0 Å². The molecule has 0 bridgehead atoms. The third-order valence-electron chi connectivity index (χ3n) is 2.19. The Bertz CT molecular complexity index is 276. The van der Waals surface area contributed by atoms with Gasteiger partial charge in [-0.3, -0.25) is 0 Å². The fourth-order valence-electron chi connectivity index (χ4n) is 1.57. The van der Waals surface area contributed by atoms with E-state index < -0.39 is 19.3 Å². The second-order valence-electron chi connectivity index (χ2n) is 4.35. The van der Waals surface area contributed by atoms with Crippen molar-refractivity contribution in [1.82, 2.24) is 0 Å². The Morgan fingerprint density at radius 2 is 1.85 bits per heavy atom. The first-order chi connectivity index (χ1) is 6.05. The molecule has 1 aromatic carbocycles. The lowest BCUT2D eigenvalue weighted by atomic mass is 9.84. The summed E-state index contributed by atoms with van der Waals surface area (Å²) < 4.78 is 1.11. The third-order valence-corrected chi connectivity index (χ3v) is 3.48. The van der Waals surface area contributed by atoms with E-state index in [1.54, 1.807) is 0 Å². The second kappa shape index (κ2) is 4.67. The van der Waals surface area contributed by atoms with Crippen molar-refractivity contribution >= 4 is 28.3 Å². The first-order valence-corrected chi connectivity index (χ1v) is 7.84. The monoisotopic (exact) mass is 206 g/mol. The number of hydrogen-bond donors (Lipinski definition) is 0. The average Bonchev–Trinajstić information content (AvgIpc) is 2.04. The minimum atomic E-state index is -0.391. The van der Waals surface area contributed by atoms with Crippen LogP contribution in [0.2, 0.25) is 0 Å². The SMILES string of the molecule is CC(C)(C)c1ccccc1[CH2][Mg][Cl]. The number of hydrogen-bond acceptors (Lipinski definition) is 0. The van der Waals surface area contributed by atoms with Gasteiger partial charge in [-0.2, -0.15) is 0 Å². The number of rotatable bonds is 2. The predicted molar refractivity (Wildman–Crippen MR) is 60.5 cm³/mol. The van der Waals surface area contributed by atoms with Crippen LogP contribution >= 0.6 is 9.07 Å². The minimum Gasteiger partial charge on any atom is -0.345 e. The summed E-state index contributed by atoms with van der Waals surface area (Å²) in [4.78, 5) is 0. The maximum Gasteiger partial charge on any atom is 0.505 e. The van der Waals surface area contributed by atoms with Crippen LogP contribution in [0.4, 0.5) is 0 Å². The highest BCUT2D eigenvalue weighted by Gasteiger charge is 2.16. The van der Waals surface area contributed by atoms with Gasteiger partial charge < -0.3 is 9.07 Å². The molecule has 0 atom stereocenters. The van der Waals surface area contributed by atoms with Crippen molar-refractivity contribution in [2.24, 2.45) is 0 Å². The van der Waals surface area contributed by atoms with Gasteiger partial charge in [-0.25, -0.2) is 0 Å². The maximum absolute atomic E-state index is 5.90. The van der Waals surface area contributed by atoms with Crippen LogP contribution in [0.3, 0.4) is 0 Å². The lowest BCUT2D eigenvalue weighted by molar-refractivity contribution is 0.585. The fourth-order valence-corrected chi connectivity index (χ4v) is 2.82. The van der Waals surface area contributed by atoms with Gasteiger partial charge in [0.2, 0.25) is 0 Å². The van der Waals surface area contributed by atoms with Crippen LogP contribution in [0.15, 0.2) is 24.3 Å². The lowest BCUT2D eigenvalue weighted by Gasteiger charge is -2.22. The molecule has 68 valence electrons. The first kappa shape index (κ1) is 11.4. The predicted octanol–water partition coefficient (Wildman–Crippen LogP) is 3.34. The molecule has 0 saturated heterocycles. The van der Waals surface area contributed by atoms with Crippen molar-refractivity contribution in [3.8, 4) is 0 Å². The van der Waals surface area contributed by atoms with Crippen molar-refractivity contribution in [3.63, 3.8) is 0 Å². The zero-order valence-electron chi connectivity index (χ0n) is 8.60. The molecule has 2 heteroatoms. The van der Waals surface area contributed by atoms with E-state index in [1.165, 1.54) is 11.1 Å². The van der Waals surface area contributed by atoms with Crippen LogP contribution in [0, 0.1) is 0 Å². The average molecular weight is 207 g/mol. The van der Waals surface area contributed by atoms with Gasteiger partial charge in [0, 0.05) is 0 Å². The maximum atomic E-state index is 5.90. The van der Waals surface area contributed by atoms with Gasteiger partial charge in [-0.1, -0.05) is 55.2 Å². The molecule has 0 heterocycles. The summed E-state index contributed by atoms with van der Waals surface area (Å²) >= 11 is -0.391. The fraction of sp³-hybridized carbons (Fsp3) is 0.455. The van der Waals surface area contributed by atoms with E-state index in [1.807, 2.05) is 0 Å². The minimum absolute atomic E-state index is 0.247. The van der Waals surface area contributed by atoms with Crippen LogP contribution in [-0.4, -0.2) is 19.3 Å². The zero-order chi connectivity index (χ0) is 9.90. The highest BCUT2D eigenvalue weighted by Crippen LogP contribution is 2.25. The summed E-state index contributed by atoms with van der Waals surface area (Å²) in [5.41, 5.74) is 3.14. The molecule has 0 nitrogen and oxygen atoms in total. The number of benzene rings is 1. The molecule has 0 unspecified atom stereocenters. The molecule has 0 aliphatic rings. The Morgan fingerprint density at radius 1 is 1.23 bits per heavy atom. The Balaban J connectivity index is 3.05. The van der Waals surface area contributed by atoms with E-state index in [0.29, 0.717) is 0 Å². The van der Waals surface area contributed by atoms with Crippen molar-refractivity contribution in [3.05, 3.63) is 35.4 Å². The number of halogens is 1. The second-order valence-corrected chi connectivity index (χ2v) is 6.36. The largest absolute Gasteiger partial charge is 0.505 e. The molecule has 0 saturated carbocycles. The molecule has 0 aromatic heterocycles. The lowest BCUT2D eigenvalue weighted by Crippen LogP contribution is -2.14. The van der Waals surface area contributed by atoms with E-state index in [-0.39, 0.29) is 5.41 Å². The van der Waals surface area contributed by atoms with E-state index in [2.05, 4.69) is 45.0 Å². The van der Waals surface area contributed by atoms with Crippen LogP contribution in [0.5, 0.6) is 0 Å². The topological polar surface area (TPSA) is 0 Å². The molecule has 1 rings (SSSR count). The van der Waals surface area contributed by atoms with E-state index in [4.69, 9.17) is 9.07 Å². The van der Waals surface area contributed by atoms with E-state index in [0.717, 1.165) is 4.55 Å². The molecule has 0 aliphatic carbocycles. The summed E-state index contributed by atoms with van der Waals surface area (Å²) in [6.07, 6.45) is 0. The highest BCUT2D eigenvalue weighted by molar-refractivity contribution is 6.93. The quantitative estimate of drug-likeness (QED) is 0.652.